The maximum absolute atomic E-state index is 10.7. The molecule has 2 rings (SSSR count). The normalized spacial score (nSPS) is 15.8. The Bertz CT molecular complexity index is 526. The quantitative estimate of drug-likeness (QED) is 0.810. The molecule has 0 saturated carbocycles. The molecule has 0 bridgehead atoms. The predicted molar refractivity (Wildman–Crippen MR) is 70.5 cm³/mol. The molecule has 0 amide bonds. The van der Waals surface area contributed by atoms with Crippen molar-refractivity contribution in [1.82, 2.24) is 4.90 Å². The number of benzene rings is 1. The molecule has 0 aliphatic carbocycles. The average Bonchev–Trinajstić information content (AvgIpc) is 2.77. The molecule has 0 fully saturated rings. The lowest BCUT2D eigenvalue weighted by Crippen LogP contribution is -2.30. The maximum atomic E-state index is 10.7. The molecule has 1 N–H and O–H groups in total. The molecule has 6 heteroatoms. The second-order valence-corrected chi connectivity index (χ2v) is 5.77. The van der Waals surface area contributed by atoms with Crippen LogP contribution in [-0.2, 0) is 10.1 Å². The van der Waals surface area contributed by atoms with Gasteiger partial charge in [0.05, 0.1) is 12.3 Å². The van der Waals surface area contributed by atoms with Crippen molar-refractivity contribution in [2.45, 2.75) is 6.42 Å². The van der Waals surface area contributed by atoms with Gasteiger partial charge in [0.15, 0.2) is 0 Å². The van der Waals surface area contributed by atoms with E-state index in [4.69, 9.17) is 4.55 Å². The highest BCUT2D eigenvalue weighted by Crippen LogP contribution is 2.11. The molecule has 0 radical (unpaired) electrons. The van der Waals surface area contributed by atoms with Gasteiger partial charge in [-0.15, -0.1) is 0 Å². The summed E-state index contributed by atoms with van der Waals surface area (Å²) < 4.78 is 30.0. The molecule has 1 aliphatic rings. The topological polar surface area (TPSA) is 70.0 Å². The van der Waals surface area contributed by atoms with Crippen LogP contribution in [0.5, 0.6) is 0 Å². The molecule has 0 spiro atoms. The molecule has 0 unspecified atom stereocenters. The van der Waals surface area contributed by atoms with Gasteiger partial charge in [0, 0.05) is 18.7 Å². The Hall–Kier alpha value is -1.40. The number of amidine groups is 1. The third-order valence-electron chi connectivity index (χ3n) is 2.79. The number of hydrogen-bond acceptors (Lipinski definition) is 4. The van der Waals surface area contributed by atoms with Crippen LogP contribution < -0.4 is 0 Å². The van der Waals surface area contributed by atoms with E-state index in [-0.39, 0.29) is 5.75 Å². The van der Waals surface area contributed by atoms with Gasteiger partial charge in [-0.25, -0.2) is 0 Å². The van der Waals surface area contributed by atoms with Crippen LogP contribution in [0.1, 0.15) is 12.0 Å². The van der Waals surface area contributed by atoms with Crippen molar-refractivity contribution in [1.29, 1.82) is 0 Å². The van der Waals surface area contributed by atoms with E-state index in [2.05, 4.69) is 9.89 Å². The van der Waals surface area contributed by atoms with E-state index in [1.54, 1.807) is 0 Å². The Morgan fingerprint density at radius 2 is 2.00 bits per heavy atom. The minimum Gasteiger partial charge on any atom is -0.355 e. The number of rotatable bonds is 5. The number of hydrogen-bond donors (Lipinski definition) is 1. The number of nitrogens with zero attached hydrogens (tertiary/aromatic N) is 2. The van der Waals surface area contributed by atoms with Gasteiger partial charge in [0.25, 0.3) is 10.1 Å². The largest absolute Gasteiger partial charge is 0.355 e. The molecular formula is C12H16N2O3S. The zero-order valence-corrected chi connectivity index (χ0v) is 10.8. The van der Waals surface area contributed by atoms with Crippen LogP contribution in [0, 0.1) is 0 Å². The van der Waals surface area contributed by atoms with E-state index < -0.39 is 10.1 Å². The Labute approximate surface area is 107 Å². The molecule has 1 aliphatic heterocycles. The predicted octanol–water partition coefficient (Wildman–Crippen LogP) is 1.03. The lowest BCUT2D eigenvalue weighted by molar-refractivity contribution is 0.443. The van der Waals surface area contributed by atoms with Crippen molar-refractivity contribution in [2.75, 3.05) is 25.4 Å². The highest BCUT2D eigenvalue weighted by Gasteiger charge is 2.18. The molecule has 0 atom stereocenters. The molecule has 0 saturated heterocycles. The van der Waals surface area contributed by atoms with Crippen molar-refractivity contribution in [2.24, 2.45) is 4.99 Å². The highest BCUT2D eigenvalue weighted by molar-refractivity contribution is 7.85. The fourth-order valence-electron chi connectivity index (χ4n) is 2.00. The van der Waals surface area contributed by atoms with Crippen molar-refractivity contribution in [3.8, 4) is 0 Å². The van der Waals surface area contributed by atoms with Crippen LogP contribution in [0.2, 0.25) is 0 Å². The summed E-state index contributed by atoms with van der Waals surface area (Å²) in [5, 5.41) is 0. The first-order chi connectivity index (χ1) is 8.56. The summed E-state index contributed by atoms with van der Waals surface area (Å²) in [4.78, 5) is 6.49. The third kappa shape index (κ3) is 3.54. The van der Waals surface area contributed by atoms with E-state index in [1.165, 1.54) is 0 Å². The van der Waals surface area contributed by atoms with Crippen molar-refractivity contribution >= 4 is 16.0 Å². The van der Waals surface area contributed by atoms with Gasteiger partial charge in [-0.2, -0.15) is 8.42 Å². The summed E-state index contributed by atoms with van der Waals surface area (Å²) >= 11 is 0. The molecule has 1 heterocycles. The summed E-state index contributed by atoms with van der Waals surface area (Å²) in [7, 11) is -3.86. The van der Waals surface area contributed by atoms with Crippen LogP contribution in [0.3, 0.4) is 0 Å². The first kappa shape index (κ1) is 13.0. The van der Waals surface area contributed by atoms with Crippen LogP contribution in [-0.4, -0.2) is 49.1 Å². The minimum absolute atomic E-state index is 0.203. The van der Waals surface area contributed by atoms with Gasteiger partial charge >= 0.3 is 0 Å². The van der Waals surface area contributed by atoms with Crippen LogP contribution >= 0.6 is 0 Å². The molecule has 1 aromatic rings. The Morgan fingerprint density at radius 1 is 1.28 bits per heavy atom. The monoisotopic (exact) mass is 268 g/mol. The van der Waals surface area contributed by atoms with E-state index >= 15 is 0 Å². The van der Waals surface area contributed by atoms with Gasteiger partial charge in [-0.1, -0.05) is 30.3 Å². The average molecular weight is 268 g/mol. The Balaban J connectivity index is 1.96. The Kier molecular flexibility index (Phi) is 3.98. The fourth-order valence-corrected chi connectivity index (χ4v) is 2.49. The second kappa shape index (κ2) is 5.49. The summed E-state index contributed by atoms with van der Waals surface area (Å²) in [6, 6.07) is 9.82. The summed E-state index contributed by atoms with van der Waals surface area (Å²) in [5.74, 6) is 0.705. The Morgan fingerprint density at radius 3 is 2.67 bits per heavy atom. The first-order valence-corrected chi connectivity index (χ1v) is 7.47. The fraction of sp³-hybridized carbons (Fsp3) is 0.417. The standard InChI is InChI=1S/C12H16N2O3S/c15-18(16,17)10-4-8-14-9-7-13-12(14)11-5-2-1-3-6-11/h1-3,5-6H,4,7-10H2,(H,15,16,17). The van der Waals surface area contributed by atoms with Crippen LogP contribution in [0.25, 0.3) is 0 Å². The van der Waals surface area contributed by atoms with Crippen molar-refractivity contribution in [3.63, 3.8) is 0 Å². The van der Waals surface area contributed by atoms with E-state index in [1.807, 2.05) is 30.3 Å². The maximum Gasteiger partial charge on any atom is 0.264 e. The molecule has 5 nitrogen and oxygen atoms in total. The second-order valence-electron chi connectivity index (χ2n) is 4.20. The molecule has 1 aromatic carbocycles. The van der Waals surface area contributed by atoms with Gasteiger partial charge in [-0.05, 0) is 6.42 Å². The highest BCUT2D eigenvalue weighted by atomic mass is 32.2. The van der Waals surface area contributed by atoms with Gasteiger partial charge < -0.3 is 4.90 Å². The summed E-state index contributed by atoms with van der Waals surface area (Å²) in [6.45, 7) is 2.12. The minimum atomic E-state index is -3.86. The van der Waals surface area contributed by atoms with Gasteiger partial charge in [0.1, 0.15) is 5.84 Å². The first-order valence-electron chi connectivity index (χ1n) is 5.86. The van der Waals surface area contributed by atoms with Crippen molar-refractivity contribution in [3.05, 3.63) is 35.9 Å². The SMILES string of the molecule is O=S(=O)(O)CCCN1CCN=C1c1ccccc1. The molecule has 98 valence electrons. The van der Waals surface area contributed by atoms with Crippen molar-refractivity contribution < 1.29 is 13.0 Å². The van der Waals surface area contributed by atoms with Gasteiger partial charge in [-0.3, -0.25) is 9.55 Å². The zero-order chi connectivity index (χ0) is 13.0. The van der Waals surface area contributed by atoms with E-state index in [0.717, 1.165) is 24.5 Å². The molecule has 0 aromatic heterocycles. The zero-order valence-electron chi connectivity index (χ0n) is 9.99. The van der Waals surface area contributed by atoms with E-state index in [9.17, 15) is 8.42 Å². The van der Waals surface area contributed by atoms with E-state index in [0.29, 0.717) is 13.0 Å². The number of aliphatic imine (C=N–C) groups is 1. The van der Waals surface area contributed by atoms with Gasteiger partial charge in [0.2, 0.25) is 0 Å². The summed E-state index contributed by atoms with van der Waals surface area (Å²) in [5.41, 5.74) is 1.04. The molecule has 18 heavy (non-hydrogen) atoms. The third-order valence-corrected chi connectivity index (χ3v) is 3.60. The smallest absolute Gasteiger partial charge is 0.264 e. The van der Waals surface area contributed by atoms with Crippen LogP contribution in [0.4, 0.5) is 0 Å². The lowest BCUT2D eigenvalue weighted by Gasteiger charge is -2.20. The molecular weight excluding hydrogens is 252 g/mol. The summed E-state index contributed by atoms with van der Waals surface area (Å²) in [6.07, 6.45) is 0.407. The lowest BCUT2D eigenvalue weighted by atomic mass is 10.2. The van der Waals surface area contributed by atoms with Crippen LogP contribution in [0.15, 0.2) is 35.3 Å².